The number of unbranched alkanes of at least 4 members (excludes halogenated alkanes) is 18. The maximum Gasteiger partial charge on any atom is 0.306 e. The van der Waals surface area contributed by atoms with E-state index < -0.39 is 6.10 Å². The van der Waals surface area contributed by atoms with Crippen molar-refractivity contribution in [3.63, 3.8) is 0 Å². The van der Waals surface area contributed by atoms with Gasteiger partial charge in [0.15, 0.2) is 6.10 Å². The lowest BCUT2D eigenvalue weighted by Crippen LogP contribution is -2.30. The Balaban J connectivity index is 4.56. The molecule has 72 heavy (non-hydrogen) atoms. The number of carbonyl (C=O) groups is 3. The normalized spacial score (nSPS) is 13.1. The zero-order valence-corrected chi connectivity index (χ0v) is 46.4. The summed E-state index contributed by atoms with van der Waals surface area (Å²) in [5.41, 5.74) is 0. The molecule has 0 bridgehead atoms. The van der Waals surface area contributed by atoms with Crippen LogP contribution in [0.3, 0.4) is 0 Å². The Hall–Kier alpha value is -4.45. The van der Waals surface area contributed by atoms with Gasteiger partial charge in [0.05, 0.1) is 0 Å². The molecule has 1 unspecified atom stereocenters. The summed E-state index contributed by atoms with van der Waals surface area (Å²) in [5.74, 6) is -1.05. The average Bonchev–Trinajstić information content (AvgIpc) is 3.38. The zero-order valence-electron chi connectivity index (χ0n) is 46.4. The zero-order chi connectivity index (χ0) is 52.2. The molecule has 0 rings (SSSR count). The first-order valence-corrected chi connectivity index (χ1v) is 29.2. The summed E-state index contributed by atoms with van der Waals surface area (Å²) in [4.78, 5) is 38.2. The molecule has 0 fully saturated rings. The molecule has 406 valence electrons. The molecule has 0 aromatic carbocycles. The molecule has 0 aliphatic heterocycles. The Morgan fingerprint density at radius 2 is 0.569 bits per heavy atom. The van der Waals surface area contributed by atoms with Gasteiger partial charge in [0.1, 0.15) is 13.2 Å². The lowest BCUT2D eigenvalue weighted by Gasteiger charge is -2.18. The second-order valence-corrected chi connectivity index (χ2v) is 18.8. The predicted octanol–water partition coefficient (Wildman–Crippen LogP) is 19.8. The summed E-state index contributed by atoms with van der Waals surface area (Å²) < 4.78 is 16.8. The first-order chi connectivity index (χ1) is 35.5. The molecule has 0 aliphatic carbocycles. The number of hydrogen-bond donors (Lipinski definition) is 0. The highest BCUT2D eigenvalue weighted by molar-refractivity contribution is 5.71. The SMILES string of the molecule is CC/C=C\C/C=C\C/C=C\C/C=C\C/C=C\CCCCCC(=O)OCC(COC(=O)CC/C=C\C/C=C\C/C=C\C/C=C\C/C=C\CC)OC(=O)CCCCCCCCC/C=C\CCCCCCCCCC. The van der Waals surface area contributed by atoms with Crippen molar-refractivity contribution < 1.29 is 28.6 Å². The largest absolute Gasteiger partial charge is 0.462 e. The Morgan fingerprint density at radius 3 is 0.958 bits per heavy atom. The Labute approximate surface area is 443 Å². The van der Waals surface area contributed by atoms with E-state index in [1.165, 1.54) is 89.9 Å². The van der Waals surface area contributed by atoms with Gasteiger partial charge in [-0.25, -0.2) is 0 Å². The molecule has 6 heteroatoms. The van der Waals surface area contributed by atoms with Gasteiger partial charge >= 0.3 is 17.9 Å². The third-order valence-corrected chi connectivity index (χ3v) is 11.9. The molecule has 0 saturated heterocycles. The molecule has 1 atom stereocenters. The predicted molar refractivity (Wildman–Crippen MR) is 311 cm³/mol. The first-order valence-electron chi connectivity index (χ1n) is 29.2. The molecule has 0 N–H and O–H groups in total. The second-order valence-electron chi connectivity index (χ2n) is 18.8. The summed E-state index contributed by atoms with van der Waals surface area (Å²) in [5, 5.41) is 0. The second kappa shape index (κ2) is 59.1. The maximum atomic E-state index is 12.9. The fourth-order valence-electron chi connectivity index (χ4n) is 7.57. The molecule has 0 aliphatic rings. The minimum Gasteiger partial charge on any atom is -0.462 e. The molecule has 0 aromatic rings. The van der Waals surface area contributed by atoms with E-state index in [0.717, 1.165) is 109 Å². The minimum atomic E-state index is -0.830. The Bertz CT molecular complexity index is 1560. The highest BCUT2D eigenvalue weighted by Crippen LogP contribution is 2.14. The van der Waals surface area contributed by atoms with Crippen LogP contribution in [0.25, 0.3) is 0 Å². The lowest BCUT2D eigenvalue weighted by molar-refractivity contribution is -0.166. The maximum absolute atomic E-state index is 12.9. The van der Waals surface area contributed by atoms with Crippen LogP contribution in [0.5, 0.6) is 0 Å². The third-order valence-electron chi connectivity index (χ3n) is 11.9. The molecule has 0 spiro atoms. The van der Waals surface area contributed by atoms with Gasteiger partial charge in [-0.05, 0) is 122 Å². The molecular formula is C66H106O6. The van der Waals surface area contributed by atoms with Crippen molar-refractivity contribution in [1.29, 1.82) is 0 Å². The van der Waals surface area contributed by atoms with Crippen molar-refractivity contribution in [2.24, 2.45) is 0 Å². The van der Waals surface area contributed by atoms with Crippen LogP contribution < -0.4 is 0 Å². The highest BCUT2D eigenvalue weighted by Gasteiger charge is 2.19. The molecule has 6 nitrogen and oxygen atoms in total. The van der Waals surface area contributed by atoms with E-state index in [2.05, 4.69) is 142 Å². The van der Waals surface area contributed by atoms with E-state index in [1.54, 1.807) is 0 Å². The number of ether oxygens (including phenoxy) is 3. The van der Waals surface area contributed by atoms with Gasteiger partial charge in [-0.3, -0.25) is 14.4 Å². The van der Waals surface area contributed by atoms with E-state index in [9.17, 15) is 14.4 Å². The Morgan fingerprint density at radius 1 is 0.292 bits per heavy atom. The average molecular weight is 996 g/mol. The summed E-state index contributed by atoms with van der Waals surface area (Å²) in [7, 11) is 0. The molecule has 0 heterocycles. The van der Waals surface area contributed by atoms with Crippen molar-refractivity contribution in [2.45, 2.75) is 252 Å². The third kappa shape index (κ3) is 56.5. The van der Waals surface area contributed by atoms with E-state index in [1.807, 2.05) is 12.2 Å². The van der Waals surface area contributed by atoms with Gasteiger partial charge in [0.25, 0.3) is 0 Å². The van der Waals surface area contributed by atoms with Gasteiger partial charge in [-0.2, -0.15) is 0 Å². The number of allylic oxidation sites excluding steroid dienone is 22. The van der Waals surface area contributed by atoms with Crippen LogP contribution >= 0.6 is 0 Å². The lowest BCUT2D eigenvalue weighted by atomic mass is 10.1. The summed E-state index contributed by atoms with van der Waals surface area (Å²) in [6.45, 7) is 6.31. The van der Waals surface area contributed by atoms with Crippen LogP contribution in [-0.4, -0.2) is 37.2 Å². The number of esters is 3. The van der Waals surface area contributed by atoms with Gasteiger partial charge in [0, 0.05) is 19.3 Å². The van der Waals surface area contributed by atoms with E-state index in [4.69, 9.17) is 14.2 Å². The topological polar surface area (TPSA) is 78.9 Å². The summed E-state index contributed by atoms with van der Waals surface area (Å²) in [6.07, 6.45) is 83.1. The van der Waals surface area contributed by atoms with Crippen molar-refractivity contribution in [2.75, 3.05) is 13.2 Å². The molecule has 0 amide bonds. The fourth-order valence-corrected chi connectivity index (χ4v) is 7.57. The quantitative estimate of drug-likeness (QED) is 0.0261. The summed E-state index contributed by atoms with van der Waals surface area (Å²) in [6, 6.07) is 0. The smallest absolute Gasteiger partial charge is 0.306 e. The van der Waals surface area contributed by atoms with Crippen molar-refractivity contribution in [3.05, 3.63) is 134 Å². The Kier molecular flexibility index (Phi) is 55.5. The van der Waals surface area contributed by atoms with Crippen LogP contribution in [0, 0.1) is 0 Å². The van der Waals surface area contributed by atoms with Crippen LogP contribution in [0.2, 0.25) is 0 Å². The van der Waals surface area contributed by atoms with Crippen LogP contribution in [0.1, 0.15) is 245 Å². The molecule has 0 radical (unpaired) electrons. The number of rotatable bonds is 51. The number of hydrogen-bond acceptors (Lipinski definition) is 6. The number of carbonyl (C=O) groups excluding carboxylic acids is 3. The standard InChI is InChI=1S/C66H106O6/c1-4-7-10-13-16-19-22-25-28-31-33-35-38-41-44-47-50-53-56-59-65(68)71-62-63(61-70-64(67)58-55-52-49-46-43-40-37-30-27-24-21-18-15-12-9-6-3)72-66(69)60-57-54-51-48-45-42-39-36-34-32-29-26-23-20-17-14-11-8-5-2/h7,9-10,12,16,18-19,21,25,27-28,30,32-35,40-41,43-44,49,52,63H,4-6,8,11,13-15,17,20,22-24,26,29,31,36-39,42,45-48,50-51,53-62H2,1-3H3/b10-7-,12-9-,19-16-,21-18-,28-25-,30-27-,34-32-,35-33-,43-40-,44-41-,52-49-. The summed E-state index contributed by atoms with van der Waals surface area (Å²) >= 11 is 0. The molecular weight excluding hydrogens is 889 g/mol. The van der Waals surface area contributed by atoms with Gasteiger partial charge in [-0.1, -0.05) is 238 Å². The van der Waals surface area contributed by atoms with Gasteiger partial charge in [0.2, 0.25) is 0 Å². The van der Waals surface area contributed by atoms with Gasteiger partial charge < -0.3 is 14.2 Å². The van der Waals surface area contributed by atoms with E-state index in [0.29, 0.717) is 19.3 Å². The van der Waals surface area contributed by atoms with Gasteiger partial charge in [-0.15, -0.1) is 0 Å². The highest BCUT2D eigenvalue weighted by atomic mass is 16.6. The monoisotopic (exact) mass is 995 g/mol. The molecule has 0 saturated carbocycles. The van der Waals surface area contributed by atoms with Crippen molar-refractivity contribution in [3.8, 4) is 0 Å². The van der Waals surface area contributed by atoms with Crippen LogP contribution in [-0.2, 0) is 28.6 Å². The first kappa shape index (κ1) is 67.5. The van der Waals surface area contributed by atoms with Crippen LogP contribution in [0.4, 0.5) is 0 Å². The van der Waals surface area contributed by atoms with E-state index in [-0.39, 0.29) is 37.5 Å². The minimum absolute atomic E-state index is 0.124. The molecule has 0 aromatic heterocycles. The van der Waals surface area contributed by atoms with E-state index >= 15 is 0 Å². The van der Waals surface area contributed by atoms with Crippen molar-refractivity contribution >= 4 is 17.9 Å². The van der Waals surface area contributed by atoms with Crippen molar-refractivity contribution in [1.82, 2.24) is 0 Å². The fraction of sp³-hybridized carbons (Fsp3) is 0.621. The van der Waals surface area contributed by atoms with Crippen LogP contribution in [0.15, 0.2) is 134 Å².